The fourth-order valence-electron chi connectivity index (χ4n) is 4.20. The quantitative estimate of drug-likeness (QED) is 0.105. The zero-order valence-corrected chi connectivity index (χ0v) is 26.5. The van der Waals surface area contributed by atoms with Crippen LogP contribution in [0, 0.1) is 0 Å². The van der Waals surface area contributed by atoms with E-state index in [2.05, 4.69) is 16.0 Å². The molecule has 11 nitrogen and oxygen atoms in total. The van der Waals surface area contributed by atoms with Crippen molar-refractivity contribution >= 4 is 57.0 Å². The molecule has 4 aromatic carbocycles. The zero-order chi connectivity index (χ0) is 33.3. The van der Waals surface area contributed by atoms with Gasteiger partial charge in [0.05, 0.1) is 17.3 Å². The number of methoxy groups -OCH3 is 1. The molecule has 46 heavy (non-hydrogen) atoms. The number of amides is 3. The van der Waals surface area contributed by atoms with Crippen LogP contribution in [0.2, 0.25) is 0 Å². The van der Waals surface area contributed by atoms with E-state index in [-0.39, 0.29) is 22.2 Å². The fraction of sp³-hybridized carbons (Fsp3) is 0.121. The Morgan fingerprint density at radius 1 is 0.913 bits per heavy atom. The van der Waals surface area contributed by atoms with Crippen molar-refractivity contribution in [2.24, 2.45) is 5.14 Å². The first kappa shape index (κ1) is 33.8. The van der Waals surface area contributed by atoms with Crippen LogP contribution in [0.3, 0.4) is 0 Å². The average Bonchev–Trinajstić information content (AvgIpc) is 3.04. The highest BCUT2D eigenvalue weighted by atomic mass is 32.2. The molecule has 13 heteroatoms. The van der Waals surface area contributed by atoms with E-state index < -0.39 is 27.1 Å². The molecule has 1 unspecified atom stereocenters. The van der Waals surface area contributed by atoms with Crippen LogP contribution in [0.5, 0.6) is 11.5 Å². The molecular formula is C33H32N4O7S2. The second-order valence-electron chi connectivity index (χ2n) is 9.86. The Kier molecular flexibility index (Phi) is 11.2. The molecule has 0 aliphatic heterocycles. The Balaban J connectivity index is 1.52. The maximum Gasteiger partial charge on any atom is 0.272 e. The van der Waals surface area contributed by atoms with Gasteiger partial charge >= 0.3 is 0 Å². The lowest BCUT2D eigenvalue weighted by molar-refractivity contribution is -0.116. The summed E-state index contributed by atoms with van der Waals surface area (Å²) in [6.07, 6.45) is 1.93. The summed E-state index contributed by atoms with van der Waals surface area (Å²) in [4.78, 5) is 40.2. The van der Waals surface area contributed by atoms with Crippen LogP contribution < -0.4 is 25.8 Å². The summed E-state index contributed by atoms with van der Waals surface area (Å²) in [5, 5.41) is 22.7. The fourth-order valence-corrected chi connectivity index (χ4v) is 5.73. The molecule has 0 heterocycles. The molecule has 6 N–H and O–H groups in total. The highest BCUT2D eigenvalue weighted by Crippen LogP contribution is 2.30. The highest BCUT2D eigenvalue weighted by molar-refractivity contribution is 8.00. The minimum atomic E-state index is -3.85. The Morgan fingerprint density at radius 3 is 2.28 bits per heavy atom. The van der Waals surface area contributed by atoms with E-state index >= 15 is 0 Å². The molecule has 3 amide bonds. The van der Waals surface area contributed by atoms with Crippen molar-refractivity contribution < 1.29 is 32.6 Å². The third-order valence-corrected chi connectivity index (χ3v) is 8.82. The van der Waals surface area contributed by atoms with Gasteiger partial charge in [-0.05, 0) is 79.2 Å². The third kappa shape index (κ3) is 9.20. The van der Waals surface area contributed by atoms with E-state index in [0.717, 1.165) is 0 Å². The number of nitrogens with two attached hydrogens (primary N) is 1. The molecule has 4 rings (SSSR count). The second kappa shape index (κ2) is 15.3. The smallest absolute Gasteiger partial charge is 0.272 e. The normalized spacial score (nSPS) is 12.1. The van der Waals surface area contributed by atoms with Crippen LogP contribution >= 0.6 is 11.8 Å². The summed E-state index contributed by atoms with van der Waals surface area (Å²) in [5.41, 5.74) is 1.55. The van der Waals surface area contributed by atoms with Crippen molar-refractivity contribution in [2.75, 3.05) is 17.7 Å². The Morgan fingerprint density at radius 2 is 1.63 bits per heavy atom. The summed E-state index contributed by atoms with van der Waals surface area (Å²) >= 11 is 1.29. The number of hydrogen-bond donors (Lipinski definition) is 5. The van der Waals surface area contributed by atoms with Gasteiger partial charge in [-0.15, -0.1) is 11.8 Å². The van der Waals surface area contributed by atoms with E-state index in [4.69, 9.17) is 9.88 Å². The maximum absolute atomic E-state index is 13.5. The van der Waals surface area contributed by atoms with Gasteiger partial charge in [-0.1, -0.05) is 31.2 Å². The number of phenols is 1. The van der Waals surface area contributed by atoms with E-state index in [0.29, 0.717) is 39.6 Å². The molecule has 1 atom stereocenters. The molecule has 4 aromatic rings. The number of phenolic OH excluding ortho intramolecular Hbond substituents is 1. The van der Waals surface area contributed by atoms with E-state index in [1.807, 2.05) is 6.92 Å². The Bertz CT molecular complexity index is 1860. The Labute approximate surface area is 270 Å². The Hall–Kier alpha value is -5.11. The number of ether oxygens (including phenoxy) is 1. The van der Waals surface area contributed by atoms with Gasteiger partial charge in [0.15, 0.2) is 0 Å². The van der Waals surface area contributed by atoms with Crippen molar-refractivity contribution in [3.63, 3.8) is 0 Å². The van der Waals surface area contributed by atoms with Crippen molar-refractivity contribution in [3.8, 4) is 11.5 Å². The van der Waals surface area contributed by atoms with Crippen molar-refractivity contribution in [1.29, 1.82) is 0 Å². The first-order chi connectivity index (χ1) is 22.0. The van der Waals surface area contributed by atoms with E-state index in [9.17, 15) is 27.9 Å². The lowest BCUT2D eigenvalue weighted by Gasteiger charge is -2.16. The molecule has 0 saturated heterocycles. The summed E-state index contributed by atoms with van der Waals surface area (Å²) in [7, 11) is -2.43. The minimum absolute atomic E-state index is 0.0262. The number of sulfonamides is 1. The summed E-state index contributed by atoms with van der Waals surface area (Å²) in [6.45, 7) is 1.86. The monoisotopic (exact) mass is 660 g/mol. The first-order valence-corrected chi connectivity index (χ1v) is 16.4. The van der Waals surface area contributed by atoms with Crippen LogP contribution in [0.25, 0.3) is 6.08 Å². The van der Waals surface area contributed by atoms with Crippen LogP contribution in [0.4, 0.5) is 11.4 Å². The van der Waals surface area contributed by atoms with Crippen molar-refractivity contribution in [1.82, 2.24) is 5.32 Å². The number of hydrogen-bond acceptors (Lipinski definition) is 8. The molecular weight excluding hydrogens is 629 g/mol. The lowest BCUT2D eigenvalue weighted by atomic mass is 10.1. The SMILES string of the molecule is CCC(Sc1cccc(NC(=O)/C(=C\c2ccc(O)cc2OC)NC(=O)c2ccccc2)c1)C(=O)Nc1ccc(S(N)(=O)=O)cc1. The first-order valence-electron chi connectivity index (χ1n) is 13.9. The molecule has 0 aromatic heterocycles. The maximum atomic E-state index is 13.5. The number of rotatable bonds is 12. The topological polar surface area (TPSA) is 177 Å². The predicted molar refractivity (Wildman–Crippen MR) is 178 cm³/mol. The van der Waals surface area contributed by atoms with Gasteiger partial charge in [0.25, 0.3) is 11.8 Å². The molecule has 0 aliphatic rings. The summed E-state index contributed by atoms with van der Waals surface area (Å²) < 4.78 is 28.4. The van der Waals surface area contributed by atoms with Gasteiger partial charge in [-0.3, -0.25) is 14.4 Å². The largest absolute Gasteiger partial charge is 0.508 e. The highest BCUT2D eigenvalue weighted by Gasteiger charge is 2.20. The number of anilines is 2. The molecule has 0 saturated carbocycles. The number of aromatic hydroxyl groups is 1. The lowest BCUT2D eigenvalue weighted by Crippen LogP contribution is -2.30. The van der Waals surface area contributed by atoms with Crippen molar-refractivity contribution in [2.45, 2.75) is 28.4 Å². The third-order valence-electron chi connectivity index (χ3n) is 6.53. The number of thioether (sulfide) groups is 1. The van der Waals surface area contributed by atoms with Crippen LogP contribution in [-0.2, 0) is 19.6 Å². The molecule has 238 valence electrons. The van der Waals surface area contributed by atoms with Gasteiger partial charge in [-0.25, -0.2) is 13.6 Å². The van der Waals surface area contributed by atoms with E-state index in [1.54, 1.807) is 60.7 Å². The summed E-state index contributed by atoms with van der Waals surface area (Å²) in [6, 6.07) is 25.2. The van der Waals surface area contributed by atoms with Crippen molar-refractivity contribution in [3.05, 3.63) is 114 Å². The molecule has 0 radical (unpaired) electrons. The van der Waals surface area contributed by atoms with Crippen LogP contribution in [-0.4, -0.2) is 43.6 Å². The predicted octanol–water partition coefficient (Wildman–Crippen LogP) is 4.97. The molecule has 0 aliphatic carbocycles. The minimum Gasteiger partial charge on any atom is -0.508 e. The van der Waals surface area contributed by atoms with E-state index in [1.165, 1.54) is 61.3 Å². The number of carbonyl (C=O) groups excluding carboxylic acids is 3. The number of benzene rings is 4. The standard InChI is InChI=1S/C33H32N4O7S2/c1-3-30(33(41)35-23-13-16-27(17-14-23)46(34,42)43)45-26-11-7-10-24(19-26)36-32(40)28(37-31(39)21-8-5-4-6-9-21)18-22-12-15-25(38)20-29(22)44-2/h4-20,30,38H,3H2,1-2H3,(H,35,41)(H,36,40)(H,37,39)(H2,34,42,43)/b28-18+. The molecule has 0 bridgehead atoms. The van der Waals surface area contributed by atoms with Gasteiger partial charge in [0.1, 0.15) is 17.2 Å². The average molecular weight is 661 g/mol. The van der Waals surface area contributed by atoms with Crippen LogP contribution in [0.1, 0.15) is 29.3 Å². The molecule has 0 fully saturated rings. The van der Waals surface area contributed by atoms with Gasteiger partial charge in [-0.2, -0.15) is 0 Å². The number of primary sulfonamides is 1. The number of carbonyl (C=O) groups is 3. The zero-order valence-electron chi connectivity index (χ0n) is 24.9. The van der Waals surface area contributed by atoms with Gasteiger partial charge < -0.3 is 25.8 Å². The second-order valence-corrected chi connectivity index (χ2v) is 12.7. The van der Waals surface area contributed by atoms with Crippen LogP contribution in [0.15, 0.2) is 113 Å². The molecule has 0 spiro atoms. The van der Waals surface area contributed by atoms with Gasteiger partial charge in [0.2, 0.25) is 15.9 Å². The van der Waals surface area contributed by atoms with Gasteiger partial charge in [0, 0.05) is 33.5 Å². The summed E-state index contributed by atoms with van der Waals surface area (Å²) in [5.74, 6) is -1.14. The number of nitrogens with one attached hydrogen (secondary N) is 3.